The number of aromatic nitrogens is 2. The lowest BCUT2D eigenvalue weighted by molar-refractivity contribution is -0.125. The zero-order valence-corrected chi connectivity index (χ0v) is 16.7. The Kier molecular flexibility index (Phi) is 6.11. The molecular weight excluding hydrogens is 356 g/mol. The minimum atomic E-state index is -0.596. The van der Waals surface area contributed by atoms with Crippen molar-refractivity contribution in [3.8, 4) is 0 Å². The van der Waals surface area contributed by atoms with Crippen molar-refractivity contribution in [1.82, 2.24) is 20.8 Å². The molecule has 1 fully saturated rings. The van der Waals surface area contributed by atoms with Gasteiger partial charge in [0, 0.05) is 13.8 Å². The quantitative estimate of drug-likeness (QED) is 0.797. The maximum Gasteiger partial charge on any atom is 0.223 e. The molecule has 3 rings (SSSR count). The van der Waals surface area contributed by atoms with Gasteiger partial charge in [-0.15, -0.1) is 0 Å². The van der Waals surface area contributed by atoms with Gasteiger partial charge in [0.2, 0.25) is 17.7 Å². The van der Waals surface area contributed by atoms with Crippen LogP contribution in [0.3, 0.4) is 0 Å². The summed E-state index contributed by atoms with van der Waals surface area (Å²) in [6.07, 6.45) is 4.86. The van der Waals surface area contributed by atoms with Crippen LogP contribution in [0.25, 0.3) is 0 Å². The van der Waals surface area contributed by atoms with Crippen molar-refractivity contribution in [2.45, 2.75) is 70.9 Å². The van der Waals surface area contributed by atoms with Crippen LogP contribution in [0.2, 0.25) is 0 Å². The highest BCUT2D eigenvalue weighted by Crippen LogP contribution is 2.36. The molecule has 0 saturated heterocycles. The molecule has 1 aromatic carbocycles. The number of rotatable bonds is 6. The van der Waals surface area contributed by atoms with E-state index in [1.807, 2.05) is 31.2 Å². The van der Waals surface area contributed by atoms with Gasteiger partial charge in [-0.05, 0) is 25.3 Å². The molecule has 0 aliphatic heterocycles. The molecule has 150 valence electrons. The largest absolute Gasteiger partial charge is 0.349 e. The lowest BCUT2D eigenvalue weighted by Gasteiger charge is -2.35. The molecule has 7 nitrogen and oxygen atoms in total. The molecule has 0 radical (unpaired) electrons. The second-order valence-corrected chi connectivity index (χ2v) is 7.70. The third-order valence-electron chi connectivity index (χ3n) is 5.29. The maximum absolute atomic E-state index is 13.0. The summed E-state index contributed by atoms with van der Waals surface area (Å²) in [4.78, 5) is 29.1. The van der Waals surface area contributed by atoms with Gasteiger partial charge in [0.15, 0.2) is 5.82 Å². The summed E-state index contributed by atoms with van der Waals surface area (Å²) >= 11 is 0. The van der Waals surface area contributed by atoms with Gasteiger partial charge >= 0.3 is 0 Å². The van der Waals surface area contributed by atoms with Crippen molar-refractivity contribution in [3.05, 3.63) is 47.1 Å². The first-order chi connectivity index (χ1) is 13.4. The first-order valence-electron chi connectivity index (χ1n) is 9.83. The van der Waals surface area contributed by atoms with E-state index in [-0.39, 0.29) is 24.3 Å². The Morgan fingerprint density at radius 3 is 2.39 bits per heavy atom. The molecule has 1 heterocycles. The second kappa shape index (κ2) is 8.54. The number of carbonyl (C=O) groups is 2. The highest BCUT2D eigenvalue weighted by Gasteiger charge is 2.40. The van der Waals surface area contributed by atoms with Crippen LogP contribution in [0.15, 0.2) is 28.8 Å². The third-order valence-corrected chi connectivity index (χ3v) is 5.29. The summed E-state index contributed by atoms with van der Waals surface area (Å²) in [5, 5.41) is 10.2. The number of benzene rings is 1. The SMILES string of the molecule is CC(=O)NC(CC(=O)NC1(c2noc(C)n2)CCCCC1)c1ccc(C)cc1. The lowest BCUT2D eigenvalue weighted by atomic mass is 9.80. The Balaban J connectivity index is 1.78. The molecule has 1 saturated carbocycles. The average Bonchev–Trinajstić information content (AvgIpc) is 3.09. The third kappa shape index (κ3) is 4.77. The Morgan fingerprint density at radius 1 is 1.14 bits per heavy atom. The highest BCUT2D eigenvalue weighted by atomic mass is 16.5. The van der Waals surface area contributed by atoms with E-state index in [9.17, 15) is 9.59 Å². The van der Waals surface area contributed by atoms with Gasteiger partial charge < -0.3 is 15.2 Å². The summed E-state index contributed by atoms with van der Waals surface area (Å²) in [7, 11) is 0. The standard InChI is InChI=1S/C21H28N4O3/c1-14-7-9-17(10-8-14)18(22-15(2)26)13-19(27)24-21(11-5-4-6-12-21)20-23-16(3)28-25-20/h7-10,18H,4-6,11-13H2,1-3H3,(H,22,26)(H,24,27). The summed E-state index contributed by atoms with van der Waals surface area (Å²) in [6.45, 7) is 5.21. The van der Waals surface area contributed by atoms with E-state index in [0.29, 0.717) is 11.7 Å². The fourth-order valence-electron chi connectivity index (χ4n) is 3.85. The van der Waals surface area contributed by atoms with E-state index in [4.69, 9.17) is 4.52 Å². The van der Waals surface area contributed by atoms with E-state index in [1.54, 1.807) is 6.92 Å². The number of amides is 2. The van der Waals surface area contributed by atoms with Gasteiger partial charge in [0.25, 0.3) is 0 Å². The van der Waals surface area contributed by atoms with Gasteiger partial charge in [0.05, 0.1) is 12.5 Å². The van der Waals surface area contributed by atoms with Gasteiger partial charge in [-0.25, -0.2) is 0 Å². The average molecular weight is 384 g/mol. The smallest absolute Gasteiger partial charge is 0.223 e. The number of carbonyl (C=O) groups excluding carboxylic acids is 2. The minimum absolute atomic E-state index is 0.135. The van der Waals surface area contributed by atoms with Gasteiger partial charge in [-0.1, -0.05) is 54.2 Å². The van der Waals surface area contributed by atoms with Crippen LogP contribution in [-0.2, 0) is 15.1 Å². The fraction of sp³-hybridized carbons (Fsp3) is 0.524. The fourth-order valence-corrected chi connectivity index (χ4v) is 3.85. The van der Waals surface area contributed by atoms with Gasteiger partial charge in [-0.3, -0.25) is 9.59 Å². The summed E-state index contributed by atoms with van der Waals surface area (Å²) in [5.41, 5.74) is 1.44. The van der Waals surface area contributed by atoms with Crippen molar-refractivity contribution in [2.24, 2.45) is 0 Å². The first kappa shape index (κ1) is 20.0. The van der Waals surface area contributed by atoms with Crippen molar-refractivity contribution in [1.29, 1.82) is 0 Å². The Bertz CT molecular complexity index is 822. The molecule has 2 aromatic rings. The van der Waals surface area contributed by atoms with E-state index >= 15 is 0 Å². The minimum Gasteiger partial charge on any atom is -0.349 e. The van der Waals surface area contributed by atoms with Crippen molar-refractivity contribution in [3.63, 3.8) is 0 Å². The maximum atomic E-state index is 13.0. The van der Waals surface area contributed by atoms with Gasteiger partial charge in [-0.2, -0.15) is 4.98 Å². The predicted octanol–water partition coefficient (Wildman–Crippen LogP) is 3.23. The van der Waals surface area contributed by atoms with Crippen LogP contribution in [0, 0.1) is 13.8 Å². The topological polar surface area (TPSA) is 97.1 Å². The Labute approximate surface area is 165 Å². The Morgan fingerprint density at radius 2 is 1.82 bits per heavy atom. The molecule has 1 aromatic heterocycles. The Hall–Kier alpha value is -2.70. The molecule has 1 unspecified atom stereocenters. The van der Waals surface area contributed by atoms with Crippen LogP contribution in [0.4, 0.5) is 0 Å². The van der Waals surface area contributed by atoms with E-state index in [2.05, 4.69) is 20.8 Å². The normalized spacial score (nSPS) is 17.0. The number of hydrogen-bond donors (Lipinski definition) is 2. The van der Waals surface area contributed by atoms with Crippen molar-refractivity contribution in [2.75, 3.05) is 0 Å². The van der Waals surface area contributed by atoms with Crippen LogP contribution in [0.5, 0.6) is 0 Å². The lowest BCUT2D eigenvalue weighted by Crippen LogP contribution is -2.49. The molecule has 2 N–H and O–H groups in total. The molecule has 0 bridgehead atoms. The number of nitrogens with one attached hydrogen (secondary N) is 2. The summed E-state index contributed by atoms with van der Waals surface area (Å²) < 4.78 is 5.17. The molecule has 7 heteroatoms. The molecule has 28 heavy (non-hydrogen) atoms. The highest BCUT2D eigenvalue weighted by molar-refractivity contribution is 5.79. The molecule has 1 atom stereocenters. The monoisotopic (exact) mass is 384 g/mol. The zero-order valence-electron chi connectivity index (χ0n) is 16.7. The van der Waals surface area contributed by atoms with Crippen LogP contribution in [-0.4, -0.2) is 22.0 Å². The van der Waals surface area contributed by atoms with Gasteiger partial charge in [0.1, 0.15) is 5.54 Å². The second-order valence-electron chi connectivity index (χ2n) is 7.70. The van der Waals surface area contributed by atoms with Crippen molar-refractivity contribution >= 4 is 11.8 Å². The number of aryl methyl sites for hydroxylation is 2. The van der Waals surface area contributed by atoms with Crippen LogP contribution >= 0.6 is 0 Å². The molecular formula is C21H28N4O3. The van der Waals surface area contributed by atoms with Crippen LogP contribution < -0.4 is 10.6 Å². The summed E-state index contributed by atoms with van der Waals surface area (Å²) in [5.74, 6) is 0.734. The molecule has 1 aliphatic rings. The first-order valence-corrected chi connectivity index (χ1v) is 9.83. The molecule has 1 aliphatic carbocycles. The van der Waals surface area contributed by atoms with E-state index < -0.39 is 5.54 Å². The van der Waals surface area contributed by atoms with E-state index in [0.717, 1.165) is 43.2 Å². The number of nitrogens with zero attached hydrogens (tertiary/aromatic N) is 2. The molecule has 2 amide bonds. The molecule has 0 spiro atoms. The zero-order chi connectivity index (χ0) is 20.1. The predicted molar refractivity (Wildman–Crippen MR) is 104 cm³/mol. The number of hydrogen-bond acceptors (Lipinski definition) is 5. The summed E-state index contributed by atoms with van der Waals surface area (Å²) in [6, 6.07) is 7.47. The van der Waals surface area contributed by atoms with E-state index in [1.165, 1.54) is 6.92 Å². The van der Waals surface area contributed by atoms with Crippen LogP contribution in [0.1, 0.15) is 74.3 Å². The van der Waals surface area contributed by atoms with Crippen molar-refractivity contribution < 1.29 is 14.1 Å².